The first-order valence-corrected chi connectivity index (χ1v) is 10.7. The lowest BCUT2D eigenvalue weighted by atomic mass is 10.2. The summed E-state index contributed by atoms with van der Waals surface area (Å²) < 4.78 is 6.28. The summed E-state index contributed by atoms with van der Waals surface area (Å²) in [4.78, 5) is 31.3. The molecule has 0 N–H and O–H groups in total. The van der Waals surface area contributed by atoms with Crippen molar-refractivity contribution in [3.63, 3.8) is 0 Å². The van der Waals surface area contributed by atoms with Crippen molar-refractivity contribution in [1.29, 1.82) is 0 Å². The Morgan fingerprint density at radius 2 is 1.87 bits per heavy atom. The van der Waals surface area contributed by atoms with Gasteiger partial charge in [-0.2, -0.15) is 10.1 Å². The maximum absolute atomic E-state index is 13.5. The second-order valence-electron chi connectivity index (χ2n) is 7.79. The highest BCUT2D eigenvalue weighted by Crippen LogP contribution is 2.18. The van der Waals surface area contributed by atoms with Crippen molar-refractivity contribution in [2.24, 2.45) is 7.05 Å². The Morgan fingerprint density at radius 1 is 1.10 bits per heavy atom. The number of fused-ring (bicyclic) bond motifs is 1. The fraction of sp³-hybridized carbons (Fsp3) is 0.364. The van der Waals surface area contributed by atoms with Crippen LogP contribution in [0.5, 0.6) is 0 Å². The first-order chi connectivity index (χ1) is 14.8. The van der Waals surface area contributed by atoms with E-state index < -0.39 is 5.69 Å². The number of benzene rings is 1. The molecular weight excluding hydrogens is 416 g/mol. The van der Waals surface area contributed by atoms with Crippen LogP contribution >= 0.6 is 11.6 Å². The fourth-order valence-electron chi connectivity index (χ4n) is 3.84. The Morgan fingerprint density at radius 3 is 2.52 bits per heavy atom. The minimum atomic E-state index is -0.419. The summed E-state index contributed by atoms with van der Waals surface area (Å²) in [6, 6.07) is 9.12. The summed E-state index contributed by atoms with van der Waals surface area (Å²) in [5, 5.41) is 5.11. The van der Waals surface area contributed by atoms with Gasteiger partial charge in [0.15, 0.2) is 11.2 Å². The normalized spacial score (nSPS) is 11.5. The zero-order chi connectivity index (χ0) is 22.3. The van der Waals surface area contributed by atoms with Crippen molar-refractivity contribution < 1.29 is 0 Å². The van der Waals surface area contributed by atoms with E-state index in [0.29, 0.717) is 28.7 Å². The molecule has 9 heteroatoms. The van der Waals surface area contributed by atoms with E-state index in [-0.39, 0.29) is 12.1 Å². The predicted molar refractivity (Wildman–Crippen MR) is 121 cm³/mol. The molecule has 0 spiro atoms. The van der Waals surface area contributed by atoms with Crippen molar-refractivity contribution in [3.8, 4) is 5.95 Å². The van der Waals surface area contributed by atoms with Gasteiger partial charge in [0.05, 0.1) is 12.2 Å². The van der Waals surface area contributed by atoms with E-state index >= 15 is 0 Å². The highest BCUT2D eigenvalue weighted by atomic mass is 35.5. The van der Waals surface area contributed by atoms with Crippen LogP contribution in [0.1, 0.15) is 36.7 Å². The Bertz CT molecular complexity index is 1390. The zero-order valence-corrected chi connectivity index (χ0v) is 18.8. The molecule has 3 aromatic heterocycles. The van der Waals surface area contributed by atoms with Crippen LogP contribution in [0.4, 0.5) is 0 Å². The lowest BCUT2D eigenvalue weighted by Gasteiger charge is -2.11. The van der Waals surface area contributed by atoms with Gasteiger partial charge in [-0.05, 0) is 44.0 Å². The van der Waals surface area contributed by atoms with Crippen LogP contribution in [0.25, 0.3) is 17.1 Å². The van der Waals surface area contributed by atoms with Crippen LogP contribution < -0.4 is 11.2 Å². The SMILES string of the molecule is CCCCn1c(-n2nc(C)cc2C)nc2c1c(=O)n(Cc1cccc(Cl)c1)c(=O)n2C. The molecule has 0 aliphatic heterocycles. The maximum atomic E-state index is 13.5. The molecule has 0 atom stereocenters. The third kappa shape index (κ3) is 3.72. The first-order valence-electron chi connectivity index (χ1n) is 10.3. The molecule has 0 unspecified atom stereocenters. The molecule has 0 aliphatic rings. The average molecular weight is 441 g/mol. The Labute approximate surface area is 184 Å². The van der Waals surface area contributed by atoms with Crippen LogP contribution in [0.15, 0.2) is 39.9 Å². The summed E-state index contributed by atoms with van der Waals surface area (Å²) in [6.07, 6.45) is 1.83. The summed E-state index contributed by atoms with van der Waals surface area (Å²) in [7, 11) is 1.64. The fourth-order valence-corrected chi connectivity index (χ4v) is 4.05. The molecule has 1 aromatic carbocycles. The van der Waals surface area contributed by atoms with E-state index in [1.807, 2.05) is 30.5 Å². The van der Waals surface area contributed by atoms with Crippen molar-refractivity contribution in [2.75, 3.05) is 0 Å². The molecule has 0 fully saturated rings. The predicted octanol–water partition coefficient (Wildman–Crippen LogP) is 3.20. The van der Waals surface area contributed by atoms with E-state index in [1.165, 1.54) is 9.13 Å². The van der Waals surface area contributed by atoms with Gasteiger partial charge in [-0.25, -0.2) is 9.48 Å². The summed E-state index contributed by atoms with van der Waals surface area (Å²) in [5.74, 6) is 0.543. The average Bonchev–Trinajstić information content (AvgIpc) is 3.27. The van der Waals surface area contributed by atoms with Gasteiger partial charge < -0.3 is 4.57 Å². The van der Waals surface area contributed by atoms with Gasteiger partial charge in [0.25, 0.3) is 5.56 Å². The molecule has 4 aromatic rings. The number of aromatic nitrogens is 6. The molecule has 0 aliphatic carbocycles. The molecule has 31 heavy (non-hydrogen) atoms. The lowest BCUT2D eigenvalue weighted by molar-refractivity contribution is 0.605. The van der Waals surface area contributed by atoms with E-state index in [9.17, 15) is 9.59 Å². The van der Waals surface area contributed by atoms with Gasteiger partial charge in [-0.1, -0.05) is 37.1 Å². The zero-order valence-electron chi connectivity index (χ0n) is 18.1. The number of rotatable bonds is 6. The lowest BCUT2D eigenvalue weighted by Crippen LogP contribution is -2.40. The first kappa shape index (κ1) is 21.1. The van der Waals surface area contributed by atoms with Gasteiger partial charge in [0.2, 0.25) is 5.95 Å². The largest absolute Gasteiger partial charge is 0.332 e. The smallest absolute Gasteiger partial charge is 0.302 e. The molecule has 8 nitrogen and oxygen atoms in total. The molecule has 3 heterocycles. The molecule has 0 amide bonds. The summed E-state index contributed by atoms with van der Waals surface area (Å²) in [6.45, 7) is 6.69. The van der Waals surface area contributed by atoms with E-state index in [0.717, 1.165) is 29.8 Å². The third-order valence-corrected chi connectivity index (χ3v) is 5.61. The van der Waals surface area contributed by atoms with E-state index in [1.54, 1.807) is 29.9 Å². The Kier molecular flexibility index (Phi) is 5.58. The minimum absolute atomic E-state index is 0.135. The van der Waals surface area contributed by atoms with Crippen molar-refractivity contribution in [1.82, 2.24) is 28.5 Å². The standard InChI is InChI=1S/C22H25ClN6O2/c1-5-6-10-27-18-19(24-21(27)29-15(3)11-14(2)25-29)26(4)22(31)28(20(18)30)13-16-8-7-9-17(23)12-16/h7-9,11-12H,5-6,10,13H2,1-4H3. The molecule has 0 saturated carbocycles. The van der Waals surface area contributed by atoms with Gasteiger partial charge in [0.1, 0.15) is 0 Å². The molecule has 0 radical (unpaired) electrons. The second-order valence-corrected chi connectivity index (χ2v) is 8.23. The third-order valence-electron chi connectivity index (χ3n) is 5.38. The number of nitrogens with zero attached hydrogens (tertiary/aromatic N) is 6. The highest BCUT2D eigenvalue weighted by Gasteiger charge is 2.22. The number of imidazole rings is 1. The maximum Gasteiger partial charge on any atom is 0.332 e. The molecule has 0 bridgehead atoms. The number of unbranched alkanes of at least 4 members (excludes halogenated alkanes) is 1. The van der Waals surface area contributed by atoms with Crippen molar-refractivity contribution in [2.45, 2.75) is 46.7 Å². The van der Waals surface area contributed by atoms with Gasteiger partial charge >= 0.3 is 5.69 Å². The molecule has 162 valence electrons. The Balaban J connectivity index is 2.00. The van der Waals surface area contributed by atoms with Crippen LogP contribution in [0.2, 0.25) is 5.02 Å². The Hall–Kier alpha value is -3.13. The molecule has 0 saturated heterocycles. The number of hydrogen-bond acceptors (Lipinski definition) is 4. The molecule has 4 rings (SSSR count). The van der Waals surface area contributed by atoms with Crippen molar-refractivity contribution in [3.05, 3.63) is 73.1 Å². The number of aryl methyl sites for hydroxylation is 4. The quantitative estimate of drug-likeness (QED) is 0.461. The van der Waals surface area contributed by atoms with Crippen LogP contribution in [-0.4, -0.2) is 28.5 Å². The van der Waals surface area contributed by atoms with E-state index in [4.69, 9.17) is 11.6 Å². The molecular formula is C22H25ClN6O2. The minimum Gasteiger partial charge on any atom is -0.302 e. The number of hydrogen-bond donors (Lipinski definition) is 0. The van der Waals surface area contributed by atoms with Crippen LogP contribution in [0, 0.1) is 13.8 Å². The summed E-state index contributed by atoms with van der Waals surface area (Å²) >= 11 is 6.09. The van der Waals surface area contributed by atoms with Crippen LogP contribution in [0.3, 0.4) is 0 Å². The van der Waals surface area contributed by atoms with Gasteiger partial charge in [0, 0.05) is 24.3 Å². The monoisotopic (exact) mass is 440 g/mol. The highest BCUT2D eigenvalue weighted by molar-refractivity contribution is 6.30. The van der Waals surface area contributed by atoms with Gasteiger partial charge in [-0.15, -0.1) is 0 Å². The number of halogens is 1. The van der Waals surface area contributed by atoms with Gasteiger partial charge in [-0.3, -0.25) is 13.9 Å². The van der Waals surface area contributed by atoms with E-state index in [2.05, 4.69) is 17.0 Å². The topological polar surface area (TPSA) is 79.6 Å². The van der Waals surface area contributed by atoms with Crippen LogP contribution in [-0.2, 0) is 20.1 Å². The second kappa shape index (κ2) is 8.19. The van der Waals surface area contributed by atoms with Crippen molar-refractivity contribution >= 4 is 22.8 Å². The summed E-state index contributed by atoms with van der Waals surface area (Å²) in [5.41, 5.74) is 2.53.